The summed E-state index contributed by atoms with van der Waals surface area (Å²) in [7, 11) is 1.90. The van der Waals surface area contributed by atoms with Gasteiger partial charge in [-0.1, -0.05) is 37.3 Å². The monoisotopic (exact) mass is 342 g/mol. The van der Waals surface area contributed by atoms with Gasteiger partial charge in [0, 0.05) is 44.9 Å². The summed E-state index contributed by atoms with van der Waals surface area (Å²) in [5, 5.41) is 7.43. The van der Waals surface area contributed by atoms with Crippen LogP contribution in [0.25, 0.3) is 0 Å². The highest BCUT2D eigenvalue weighted by atomic mass is 16.5. The van der Waals surface area contributed by atoms with Crippen LogP contribution in [0.1, 0.15) is 23.7 Å². The Labute approximate surface area is 148 Å². The molecule has 25 heavy (non-hydrogen) atoms. The molecule has 0 aliphatic carbocycles. The van der Waals surface area contributed by atoms with Gasteiger partial charge in [-0.3, -0.25) is 4.68 Å². The van der Waals surface area contributed by atoms with Crippen molar-refractivity contribution in [2.45, 2.75) is 32.4 Å². The Kier molecular flexibility index (Phi) is 5.71. The summed E-state index contributed by atoms with van der Waals surface area (Å²) in [6, 6.07) is 10.2. The molecule has 1 aliphatic rings. The Bertz CT molecular complexity index is 699. The van der Waals surface area contributed by atoms with Gasteiger partial charge in [0.1, 0.15) is 0 Å². The summed E-state index contributed by atoms with van der Waals surface area (Å²) in [4.78, 5) is 14.4. The van der Waals surface area contributed by atoms with E-state index in [1.807, 2.05) is 36.3 Å². The summed E-state index contributed by atoms with van der Waals surface area (Å²) in [6.45, 7) is 4.41. The van der Waals surface area contributed by atoms with Crippen molar-refractivity contribution < 1.29 is 9.53 Å². The zero-order chi connectivity index (χ0) is 17.6. The molecule has 0 unspecified atom stereocenters. The lowest BCUT2D eigenvalue weighted by atomic mass is 10.1. The normalized spacial score (nSPS) is 17.5. The van der Waals surface area contributed by atoms with E-state index in [0.717, 1.165) is 24.1 Å². The molecule has 1 N–H and O–H groups in total. The molecule has 1 aliphatic heterocycles. The standard InChI is InChI=1S/C19H26N4O2/c1-3-18-16(13-22(2)21-18)12-20-19(24)23-9-10-25-17(14-23)11-15-7-5-4-6-8-15/h4-8,13,17H,3,9-12,14H2,1-2H3,(H,20,24)/t17-/m0/s1. The number of rotatable bonds is 5. The summed E-state index contributed by atoms with van der Waals surface area (Å²) < 4.78 is 7.63. The smallest absolute Gasteiger partial charge is 0.317 e. The molecule has 1 aromatic heterocycles. The molecular weight excluding hydrogens is 316 g/mol. The van der Waals surface area contributed by atoms with E-state index in [9.17, 15) is 4.79 Å². The molecular formula is C19H26N4O2. The second kappa shape index (κ2) is 8.16. The summed E-state index contributed by atoms with van der Waals surface area (Å²) in [5.41, 5.74) is 3.34. The zero-order valence-corrected chi connectivity index (χ0v) is 14.9. The summed E-state index contributed by atoms with van der Waals surface area (Å²) in [6.07, 6.45) is 3.71. The highest BCUT2D eigenvalue weighted by molar-refractivity contribution is 5.74. The minimum absolute atomic E-state index is 0.0349. The molecule has 0 spiro atoms. The molecule has 3 rings (SSSR count). The number of ether oxygens (including phenoxy) is 1. The number of morpholine rings is 1. The molecule has 1 saturated heterocycles. The maximum absolute atomic E-state index is 12.5. The van der Waals surface area contributed by atoms with Gasteiger partial charge in [-0.2, -0.15) is 5.10 Å². The number of aromatic nitrogens is 2. The average molecular weight is 342 g/mol. The van der Waals surface area contributed by atoms with Crippen molar-refractivity contribution in [2.75, 3.05) is 19.7 Å². The fourth-order valence-corrected chi connectivity index (χ4v) is 3.22. The predicted octanol–water partition coefficient (Wildman–Crippen LogP) is 2.14. The van der Waals surface area contributed by atoms with Crippen molar-refractivity contribution >= 4 is 6.03 Å². The van der Waals surface area contributed by atoms with E-state index < -0.39 is 0 Å². The number of benzene rings is 1. The van der Waals surface area contributed by atoms with Crippen molar-refractivity contribution in [1.82, 2.24) is 20.0 Å². The third-order valence-electron chi connectivity index (χ3n) is 4.49. The van der Waals surface area contributed by atoms with E-state index in [0.29, 0.717) is 26.2 Å². The van der Waals surface area contributed by atoms with Crippen LogP contribution < -0.4 is 5.32 Å². The number of hydrogen-bond acceptors (Lipinski definition) is 3. The number of nitrogens with one attached hydrogen (secondary N) is 1. The molecule has 6 nitrogen and oxygen atoms in total. The molecule has 0 saturated carbocycles. The molecule has 2 aromatic rings. The second-order valence-corrected chi connectivity index (χ2v) is 6.42. The average Bonchev–Trinajstić information content (AvgIpc) is 3.00. The van der Waals surface area contributed by atoms with Crippen LogP contribution in [0, 0.1) is 0 Å². The molecule has 6 heteroatoms. The number of carbonyl (C=O) groups is 1. The number of aryl methyl sites for hydroxylation is 2. The lowest BCUT2D eigenvalue weighted by molar-refractivity contribution is -0.0133. The maximum atomic E-state index is 12.5. The number of hydrogen-bond donors (Lipinski definition) is 1. The fraction of sp³-hybridized carbons (Fsp3) is 0.474. The fourth-order valence-electron chi connectivity index (χ4n) is 3.22. The minimum Gasteiger partial charge on any atom is -0.374 e. The largest absolute Gasteiger partial charge is 0.374 e. The Morgan fingerprint density at radius 3 is 2.92 bits per heavy atom. The molecule has 2 heterocycles. The minimum atomic E-state index is -0.0349. The zero-order valence-electron chi connectivity index (χ0n) is 14.9. The van der Waals surface area contributed by atoms with Gasteiger partial charge in [0.2, 0.25) is 0 Å². The van der Waals surface area contributed by atoms with Crippen LogP contribution in [-0.2, 0) is 31.2 Å². The number of carbonyl (C=O) groups excluding carboxylic acids is 1. The Morgan fingerprint density at radius 2 is 2.16 bits per heavy atom. The predicted molar refractivity (Wildman–Crippen MR) is 96.3 cm³/mol. The van der Waals surface area contributed by atoms with Crippen molar-refractivity contribution in [3.63, 3.8) is 0 Å². The van der Waals surface area contributed by atoms with Gasteiger partial charge in [0.25, 0.3) is 0 Å². The van der Waals surface area contributed by atoms with Crippen molar-refractivity contribution in [3.8, 4) is 0 Å². The summed E-state index contributed by atoms with van der Waals surface area (Å²) in [5.74, 6) is 0. The second-order valence-electron chi connectivity index (χ2n) is 6.42. The van der Waals surface area contributed by atoms with Crippen molar-refractivity contribution in [3.05, 3.63) is 53.3 Å². The molecule has 0 radical (unpaired) electrons. The van der Waals surface area contributed by atoms with E-state index in [1.165, 1.54) is 5.56 Å². The van der Waals surface area contributed by atoms with Gasteiger partial charge in [-0.05, 0) is 12.0 Å². The van der Waals surface area contributed by atoms with Crippen LogP contribution in [0.3, 0.4) is 0 Å². The molecule has 1 atom stereocenters. The number of urea groups is 1. The molecule has 2 amide bonds. The van der Waals surface area contributed by atoms with Crippen LogP contribution in [-0.4, -0.2) is 46.5 Å². The Balaban J connectivity index is 1.53. The van der Waals surface area contributed by atoms with Crippen molar-refractivity contribution in [1.29, 1.82) is 0 Å². The molecule has 0 bridgehead atoms. The summed E-state index contributed by atoms with van der Waals surface area (Å²) >= 11 is 0. The quantitative estimate of drug-likeness (QED) is 0.906. The molecule has 1 fully saturated rings. The van der Waals surface area contributed by atoms with E-state index >= 15 is 0 Å². The number of nitrogens with zero attached hydrogens (tertiary/aromatic N) is 3. The van der Waals surface area contributed by atoms with Gasteiger partial charge in [0.05, 0.1) is 18.4 Å². The van der Waals surface area contributed by atoms with E-state index in [1.54, 1.807) is 4.68 Å². The first-order valence-electron chi connectivity index (χ1n) is 8.85. The van der Waals surface area contributed by atoms with Gasteiger partial charge < -0.3 is 15.0 Å². The van der Waals surface area contributed by atoms with Crippen LogP contribution in [0.5, 0.6) is 0 Å². The van der Waals surface area contributed by atoms with E-state index in [-0.39, 0.29) is 12.1 Å². The van der Waals surface area contributed by atoms with Gasteiger partial charge in [0.15, 0.2) is 0 Å². The first kappa shape index (κ1) is 17.5. The van der Waals surface area contributed by atoms with Crippen molar-refractivity contribution in [2.24, 2.45) is 7.05 Å². The first-order chi connectivity index (χ1) is 12.2. The Morgan fingerprint density at radius 1 is 1.36 bits per heavy atom. The lowest BCUT2D eigenvalue weighted by Crippen LogP contribution is -2.50. The lowest BCUT2D eigenvalue weighted by Gasteiger charge is -2.33. The number of amides is 2. The molecule has 134 valence electrons. The van der Waals surface area contributed by atoms with Crippen LogP contribution in [0.15, 0.2) is 36.5 Å². The SMILES string of the molecule is CCc1nn(C)cc1CNC(=O)N1CCO[C@@H](Cc2ccccc2)C1. The van der Waals surface area contributed by atoms with Crippen LogP contribution in [0.4, 0.5) is 4.79 Å². The third kappa shape index (κ3) is 4.60. The van der Waals surface area contributed by atoms with E-state index in [4.69, 9.17) is 4.74 Å². The highest BCUT2D eigenvalue weighted by Gasteiger charge is 2.24. The molecule has 1 aromatic carbocycles. The van der Waals surface area contributed by atoms with Gasteiger partial charge in [-0.25, -0.2) is 4.79 Å². The van der Waals surface area contributed by atoms with Crippen LogP contribution >= 0.6 is 0 Å². The van der Waals surface area contributed by atoms with Gasteiger partial charge >= 0.3 is 6.03 Å². The van der Waals surface area contributed by atoms with Crippen LogP contribution in [0.2, 0.25) is 0 Å². The maximum Gasteiger partial charge on any atom is 0.317 e. The first-order valence-corrected chi connectivity index (χ1v) is 8.85. The van der Waals surface area contributed by atoms with Gasteiger partial charge in [-0.15, -0.1) is 0 Å². The topological polar surface area (TPSA) is 59.4 Å². The van der Waals surface area contributed by atoms with E-state index in [2.05, 4.69) is 29.5 Å². The third-order valence-corrected chi connectivity index (χ3v) is 4.49. The Hall–Kier alpha value is -2.34. The highest BCUT2D eigenvalue weighted by Crippen LogP contribution is 2.12.